The fourth-order valence-electron chi connectivity index (χ4n) is 7.89. The van der Waals surface area contributed by atoms with E-state index in [9.17, 15) is 5.26 Å². The SMILES string of the molecule is N#Cc1ccc2c3c1ccc1c(-c4ccc(-c5cc6c7ccccc7ccc6c6ccccc56)cc4)ccc(c13)n2-c1ccccc1. The fraction of sp³-hybridized carbons (Fsp3) is 0. The van der Waals surface area contributed by atoms with Crippen LogP contribution in [0.1, 0.15) is 5.56 Å². The van der Waals surface area contributed by atoms with E-state index in [1.165, 1.54) is 65.3 Å². The normalized spacial score (nSPS) is 11.8. The van der Waals surface area contributed by atoms with Crippen molar-refractivity contribution in [1.29, 1.82) is 5.26 Å². The van der Waals surface area contributed by atoms with Crippen LogP contribution in [0.4, 0.5) is 0 Å². The van der Waals surface area contributed by atoms with Crippen molar-refractivity contribution in [2.75, 3.05) is 0 Å². The summed E-state index contributed by atoms with van der Waals surface area (Å²) in [5.41, 5.74) is 8.89. The molecule has 0 aliphatic carbocycles. The molecule has 0 saturated carbocycles. The third-order valence-electron chi connectivity index (χ3n) is 10.0. The van der Waals surface area contributed by atoms with E-state index in [1.807, 2.05) is 12.1 Å². The van der Waals surface area contributed by atoms with Crippen molar-refractivity contribution in [2.45, 2.75) is 0 Å². The molecule has 0 bridgehead atoms. The van der Waals surface area contributed by atoms with E-state index in [2.05, 4.69) is 156 Å². The Morgan fingerprint density at radius 3 is 1.79 bits per heavy atom. The third kappa shape index (κ3) is 3.66. The molecule has 2 nitrogen and oxygen atoms in total. The van der Waals surface area contributed by atoms with Gasteiger partial charge in [-0.3, -0.25) is 0 Å². The second-order valence-corrected chi connectivity index (χ2v) is 12.4. The molecule has 0 saturated heterocycles. The molecular formula is C45H26N2. The summed E-state index contributed by atoms with van der Waals surface area (Å²) in [5.74, 6) is 0. The number of hydrogen-bond donors (Lipinski definition) is 0. The van der Waals surface area contributed by atoms with E-state index in [0.29, 0.717) is 5.56 Å². The lowest BCUT2D eigenvalue weighted by Crippen LogP contribution is -1.93. The lowest BCUT2D eigenvalue weighted by Gasteiger charge is -2.14. The van der Waals surface area contributed by atoms with Crippen molar-refractivity contribution >= 4 is 64.9 Å². The monoisotopic (exact) mass is 594 g/mol. The molecule has 0 aliphatic rings. The molecule has 0 atom stereocenters. The Morgan fingerprint density at radius 2 is 1.00 bits per heavy atom. The van der Waals surface area contributed by atoms with Crippen molar-refractivity contribution in [1.82, 2.24) is 4.57 Å². The summed E-state index contributed by atoms with van der Waals surface area (Å²) in [6.07, 6.45) is 0. The molecule has 1 heterocycles. The summed E-state index contributed by atoms with van der Waals surface area (Å²) in [5, 5.41) is 22.1. The minimum Gasteiger partial charge on any atom is -0.309 e. The quantitative estimate of drug-likeness (QED) is 0.187. The highest BCUT2D eigenvalue weighted by Crippen LogP contribution is 2.44. The van der Waals surface area contributed by atoms with E-state index in [0.717, 1.165) is 27.5 Å². The largest absolute Gasteiger partial charge is 0.309 e. The Bertz CT molecular complexity index is 2890. The van der Waals surface area contributed by atoms with Crippen LogP contribution < -0.4 is 0 Å². The second-order valence-electron chi connectivity index (χ2n) is 12.4. The van der Waals surface area contributed by atoms with Crippen LogP contribution in [0.5, 0.6) is 0 Å². The molecule has 0 spiro atoms. The minimum absolute atomic E-state index is 0.705. The third-order valence-corrected chi connectivity index (χ3v) is 10.0. The van der Waals surface area contributed by atoms with Gasteiger partial charge < -0.3 is 4.57 Å². The number of nitriles is 1. The van der Waals surface area contributed by atoms with Crippen molar-refractivity contribution in [3.63, 3.8) is 0 Å². The van der Waals surface area contributed by atoms with Crippen LogP contribution in [0.3, 0.4) is 0 Å². The van der Waals surface area contributed by atoms with E-state index >= 15 is 0 Å². The smallest absolute Gasteiger partial charge is 0.0998 e. The summed E-state index contributed by atoms with van der Waals surface area (Å²) < 4.78 is 2.33. The van der Waals surface area contributed by atoms with E-state index < -0.39 is 0 Å². The Hall–Kier alpha value is -6.43. The summed E-state index contributed by atoms with van der Waals surface area (Å²) in [4.78, 5) is 0. The van der Waals surface area contributed by atoms with Gasteiger partial charge in [0, 0.05) is 21.8 Å². The Morgan fingerprint density at radius 1 is 0.404 bits per heavy atom. The van der Waals surface area contributed by atoms with Gasteiger partial charge in [-0.1, -0.05) is 121 Å². The lowest BCUT2D eigenvalue weighted by molar-refractivity contribution is 1.18. The molecule has 0 aliphatic heterocycles. The molecule has 9 aromatic carbocycles. The van der Waals surface area contributed by atoms with Gasteiger partial charge in [-0.15, -0.1) is 0 Å². The molecule has 10 rings (SSSR count). The van der Waals surface area contributed by atoms with Crippen molar-refractivity contribution in [3.8, 4) is 34.0 Å². The molecule has 0 radical (unpaired) electrons. The van der Waals surface area contributed by atoms with Gasteiger partial charge in [0.05, 0.1) is 22.7 Å². The molecule has 47 heavy (non-hydrogen) atoms. The molecule has 2 heteroatoms. The first-order chi connectivity index (χ1) is 23.3. The van der Waals surface area contributed by atoms with Crippen LogP contribution in [0, 0.1) is 11.3 Å². The lowest BCUT2D eigenvalue weighted by atomic mass is 9.89. The number of benzene rings is 9. The van der Waals surface area contributed by atoms with Gasteiger partial charge in [-0.05, 0) is 96.4 Å². The van der Waals surface area contributed by atoms with Gasteiger partial charge in [0.2, 0.25) is 0 Å². The van der Waals surface area contributed by atoms with Crippen LogP contribution in [0.2, 0.25) is 0 Å². The standard InChI is InChI=1S/C45H26N2/c46-27-31-19-24-42-44-35(31)21-22-39-34(23-25-43(45(39)44)47(42)32-9-2-1-3-10-32)29-14-16-30(17-15-29)40-26-41-33-11-5-4-8-28(33)18-20-38(41)36-12-6-7-13-37(36)40/h1-26H. The summed E-state index contributed by atoms with van der Waals surface area (Å²) >= 11 is 0. The molecule has 10 aromatic rings. The number of fused-ring (bicyclic) bond motifs is 5. The molecule has 0 amide bonds. The number of hydrogen-bond acceptors (Lipinski definition) is 1. The van der Waals surface area contributed by atoms with Crippen LogP contribution in [0.15, 0.2) is 158 Å². The van der Waals surface area contributed by atoms with Crippen molar-refractivity contribution in [3.05, 3.63) is 163 Å². The maximum atomic E-state index is 9.96. The zero-order valence-electron chi connectivity index (χ0n) is 25.4. The first kappa shape index (κ1) is 25.9. The second kappa shape index (κ2) is 9.78. The van der Waals surface area contributed by atoms with Gasteiger partial charge in [0.1, 0.15) is 0 Å². The average Bonchev–Trinajstić information content (AvgIpc) is 3.49. The molecule has 0 unspecified atom stereocenters. The van der Waals surface area contributed by atoms with Crippen LogP contribution in [-0.4, -0.2) is 4.57 Å². The van der Waals surface area contributed by atoms with Crippen molar-refractivity contribution < 1.29 is 0 Å². The molecule has 1 aromatic heterocycles. The first-order valence-corrected chi connectivity index (χ1v) is 16.0. The first-order valence-electron chi connectivity index (χ1n) is 16.0. The maximum absolute atomic E-state index is 9.96. The van der Waals surface area contributed by atoms with Crippen LogP contribution >= 0.6 is 0 Å². The van der Waals surface area contributed by atoms with Gasteiger partial charge >= 0.3 is 0 Å². The van der Waals surface area contributed by atoms with E-state index in [1.54, 1.807) is 0 Å². The Balaban J connectivity index is 1.18. The maximum Gasteiger partial charge on any atom is 0.0998 e. The van der Waals surface area contributed by atoms with Gasteiger partial charge in [-0.2, -0.15) is 5.26 Å². The highest BCUT2D eigenvalue weighted by Gasteiger charge is 2.20. The fourth-order valence-corrected chi connectivity index (χ4v) is 7.89. The highest BCUT2D eigenvalue weighted by molar-refractivity contribution is 6.27. The Labute approximate surface area is 271 Å². The van der Waals surface area contributed by atoms with Gasteiger partial charge in [0.25, 0.3) is 0 Å². The summed E-state index contributed by atoms with van der Waals surface area (Å²) in [6.45, 7) is 0. The Kier molecular flexibility index (Phi) is 5.38. The number of para-hydroxylation sites is 1. The highest BCUT2D eigenvalue weighted by atomic mass is 15.0. The van der Waals surface area contributed by atoms with Crippen molar-refractivity contribution in [2.24, 2.45) is 0 Å². The number of aromatic nitrogens is 1. The summed E-state index contributed by atoms with van der Waals surface area (Å²) in [6, 6.07) is 59.1. The topological polar surface area (TPSA) is 28.7 Å². The van der Waals surface area contributed by atoms with E-state index in [-0.39, 0.29) is 0 Å². The predicted octanol–water partition coefficient (Wildman–Crippen LogP) is 12.0. The minimum atomic E-state index is 0.705. The van der Waals surface area contributed by atoms with Crippen LogP contribution in [0.25, 0.3) is 92.8 Å². The van der Waals surface area contributed by atoms with Gasteiger partial charge in [0.15, 0.2) is 0 Å². The number of nitrogens with zero attached hydrogens (tertiary/aromatic N) is 2. The number of rotatable bonds is 3. The molecule has 0 fully saturated rings. The zero-order chi connectivity index (χ0) is 31.1. The zero-order valence-corrected chi connectivity index (χ0v) is 25.4. The van der Waals surface area contributed by atoms with E-state index in [4.69, 9.17) is 0 Å². The average molecular weight is 595 g/mol. The predicted molar refractivity (Wildman–Crippen MR) is 198 cm³/mol. The molecule has 0 N–H and O–H groups in total. The molecule has 216 valence electrons. The molecular weight excluding hydrogens is 569 g/mol. The summed E-state index contributed by atoms with van der Waals surface area (Å²) in [7, 11) is 0. The van der Waals surface area contributed by atoms with Crippen LogP contribution in [-0.2, 0) is 0 Å². The van der Waals surface area contributed by atoms with Gasteiger partial charge in [-0.25, -0.2) is 0 Å².